The number of ether oxygens (including phenoxy) is 1. The molecule has 0 fully saturated rings. The van der Waals surface area contributed by atoms with E-state index in [0.717, 1.165) is 6.07 Å². The number of carbonyl (C=O) groups excluding carboxylic acids is 1. The van der Waals surface area contributed by atoms with Crippen molar-refractivity contribution in [3.05, 3.63) is 23.6 Å². The fraction of sp³-hybridized carbons (Fsp3) is 0.250. The second-order valence-electron chi connectivity index (χ2n) is 2.27. The number of ketones is 1. The third-order valence-corrected chi connectivity index (χ3v) is 1.41. The predicted molar refractivity (Wildman–Crippen MR) is 40.8 cm³/mol. The lowest BCUT2D eigenvalue weighted by atomic mass is 10.2. The lowest BCUT2D eigenvalue weighted by Gasteiger charge is -2.00. The van der Waals surface area contributed by atoms with Crippen LogP contribution < -0.4 is 4.74 Å². The molecule has 1 aromatic heterocycles. The van der Waals surface area contributed by atoms with Gasteiger partial charge in [-0.1, -0.05) is 0 Å². The Kier molecular flexibility index (Phi) is 2.38. The Balaban J connectivity index is 3.10. The molecular weight excluding hydrogens is 161 g/mol. The highest BCUT2D eigenvalue weighted by Crippen LogP contribution is 2.13. The summed E-state index contributed by atoms with van der Waals surface area (Å²) in [5, 5.41) is 0. The van der Waals surface area contributed by atoms with Crippen LogP contribution in [-0.2, 0) is 0 Å². The Hall–Kier alpha value is -1.45. The number of aromatic nitrogens is 1. The monoisotopic (exact) mass is 169 g/mol. The Morgan fingerprint density at radius 1 is 1.67 bits per heavy atom. The number of pyridine rings is 1. The molecule has 0 N–H and O–H groups in total. The smallest absolute Gasteiger partial charge is 0.250 e. The predicted octanol–water partition coefficient (Wildman–Crippen LogP) is 1.43. The minimum absolute atomic E-state index is 0.0972. The van der Waals surface area contributed by atoms with Gasteiger partial charge in [0.15, 0.2) is 11.6 Å². The second-order valence-corrected chi connectivity index (χ2v) is 2.27. The Bertz CT molecular complexity index is 312. The van der Waals surface area contributed by atoms with Crippen molar-refractivity contribution < 1.29 is 13.9 Å². The van der Waals surface area contributed by atoms with Crippen molar-refractivity contribution in [2.45, 2.75) is 6.92 Å². The molecule has 1 rings (SSSR count). The molecule has 0 radical (unpaired) electrons. The summed E-state index contributed by atoms with van der Waals surface area (Å²) in [5.74, 6) is -0.936. The van der Waals surface area contributed by atoms with E-state index < -0.39 is 5.82 Å². The third-order valence-electron chi connectivity index (χ3n) is 1.41. The number of carbonyl (C=O) groups is 1. The highest BCUT2D eigenvalue weighted by Gasteiger charge is 2.06. The first-order chi connectivity index (χ1) is 5.65. The minimum atomic E-state index is -0.620. The summed E-state index contributed by atoms with van der Waals surface area (Å²) in [7, 11) is 1.32. The van der Waals surface area contributed by atoms with Crippen LogP contribution in [0.25, 0.3) is 0 Å². The normalized spacial score (nSPS) is 9.58. The van der Waals surface area contributed by atoms with Crippen molar-refractivity contribution in [2.24, 2.45) is 0 Å². The van der Waals surface area contributed by atoms with Gasteiger partial charge in [0, 0.05) is 11.8 Å². The average Bonchev–Trinajstić information content (AvgIpc) is 2.04. The van der Waals surface area contributed by atoms with Gasteiger partial charge in [0.05, 0.1) is 7.11 Å². The molecule has 0 aliphatic rings. The third kappa shape index (κ3) is 1.58. The zero-order valence-electron chi connectivity index (χ0n) is 6.80. The van der Waals surface area contributed by atoms with Crippen LogP contribution in [0.3, 0.4) is 0 Å². The van der Waals surface area contributed by atoms with E-state index in [0.29, 0.717) is 0 Å². The van der Waals surface area contributed by atoms with Crippen molar-refractivity contribution in [2.75, 3.05) is 7.11 Å². The van der Waals surface area contributed by atoms with Crippen molar-refractivity contribution in [1.29, 1.82) is 0 Å². The van der Waals surface area contributed by atoms with E-state index >= 15 is 0 Å². The molecule has 4 heteroatoms. The zero-order valence-corrected chi connectivity index (χ0v) is 6.80. The Labute approximate surface area is 69.2 Å². The van der Waals surface area contributed by atoms with Crippen LogP contribution in [0.5, 0.6) is 5.88 Å². The van der Waals surface area contributed by atoms with Crippen molar-refractivity contribution in [3.63, 3.8) is 0 Å². The summed E-state index contributed by atoms with van der Waals surface area (Å²) < 4.78 is 17.5. The van der Waals surface area contributed by atoms with E-state index in [4.69, 9.17) is 0 Å². The van der Waals surface area contributed by atoms with Crippen molar-refractivity contribution in [1.82, 2.24) is 4.98 Å². The number of halogens is 1. The molecule has 0 spiro atoms. The van der Waals surface area contributed by atoms with Gasteiger partial charge in [-0.25, -0.2) is 9.37 Å². The fourth-order valence-electron chi connectivity index (χ4n) is 0.768. The van der Waals surface area contributed by atoms with E-state index in [9.17, 15) is 9.18 Å². The first-order valence-electron chi connectivity index (χ1n) is 3.35. The zero-order chi connectivity index (χ0) is 9.14. The number of nitrogens with zero attached hydrogens (tertiary/aromatic N) is 1. The molecule has 0 saturated carbocycles. The van der Waals surface area contributed by atoms with E-state index in [-0.39, 0.29) is 17.2 Å². The first kappa shape index (κ1) is 8.64. The highest BCUT2D eigenvalue weighted by atomic mass is 19.1. The molecule has 0 saturated heterocycles. The van der Waals surface area contributed by atoms with Crippen LogP contribution in [0.1, 0.15) is 17.3 Å². The summed E-state index contributed by atoms with van der Waals surface area (Å²) in [4.78, 5) is 14.3. The summed E-state index contributed by atoms with van der Waals surface area (Å²) in [6.45, 7) is 1.35. The van der Waals surface area contributed by atoms with Gasteiger partial charge in [-0.05, 0) is 13.0 Å². The number of Topliss-reactive ketones (excluding diaryl/α,β-unsaturated/α-hetero) is 1. The van der Waals surface area contributed by atoms with Gasteiger partial charge in [0.2, 0.25) is 5.88 Å². The van der Waals surface area contributed by atoms with Gasteiger partial charge in [-0.3, -0.25) is 4.79 Å². The molecule has 1 heterocycles. The number of hydrogen-bond acceptors (Lipinski definition) is 3. The maximum atomic E-state index is 12.9. The quantitative estimate of drug-likeness (QED) is 0.628. The fourth-order valence-corrected chi connectivity index (χ4v) is 0.768. The number of hydrogen-bond donors (Lipinski definition) is 0. The van der Waals surface area contributed by atoms with Gasteiger partial charge in [-0.15, -0.1) is 0 Å². The molecule has 1 aromatic rings. The summed E-state index contributed by atoms with van der Waals surface area (Å²) in [6, 6.07) is 1.11. The first-order valence-corrected chi connectivity index (χ1v) is 3.35. The highest BCUT2D eigenvalue weighted by molar-refractivity contribution is 5.93. The van der Waals surface area contributed by atoms with Crippen LogP contribution >= 0.6 is 0 Å². The van der Waals surface area contributed by atoms with Gasteiger partial charge >= 0.3 is 0 Å². The van der Waals surface area contributed by atoms with Crippen LogP contribution in [0.2, 0.25) is 0 Å². The summed E-state index contributed by atoms with van der Waals surface area (Å²) in [5.41, 5.74) is 0.244. The molecule has 3 nitrogen and oxygen atoms in total. The van der Waals surface area contributed by atoms with Crippen molar-refractivity contribution in [3.8, 4) is 5.88 Å². The van der Waals surface area contributed by atoms with E-state index in [1.807, 2.05) is 0 Å². The molecule has 0 aliphatic heterocycles. The van der Waals surface area contributed by atoms with Crippen LogP contribution in [0.15, 0.2) is 12.3 Å². The van der Waals surface area contributed by atoms with Gasteiger partial charge in [0.1, 0.15) is 0 Å². The average molecular weight is 169 g/mol. The summed E-state index contributed by atoms with van der Waals surface area (Å²) >= 11 is 0. The molecule has 64 valence electrons. The summed E-state index contributed by atoms with van der Waals surface area (Å²) in [6.07, 6.45) is 1.28. The Morgan fingerprint density at radius 3 is 2.75 bits per heavy atom. The molecule has 0 aliphatic carbocycles. The van der Waals surface area contributed by atoms with E-state index in [1.165, 1.54) is 20.2 Å². The molecule has 0 atom stereocenters. The lowest BCUT2D eigenvalue weighted by molar-refractivity contribution is 0.101. The standard InChI is InChI=1S/C8H8FNO2/c1-5(11)6-3-7(9)8(12-2)10-4-6/h3-4H,1-2H3. The van der Waals surface area contributed by atoms with Gasteiger partial charge in [-0.2, -0.15) is 0 Å². The van der Waals surface area contributed by atoms with E-state index in [2.05, 4.69) is 9.72 Å². The van der Waals surface area contributed by atoms with Crippen molar-refractivity contribution >= 4 is 5.78 Å². The largest absolute Gasteiger partial charge is 0.479 e. The van der Waals surface area contributed by atoms with Gasteiger partial charge < -0.3 is 4.74 Å². The van der Waals surface area contributed by atoms with Crippen LogP contribution in [0, 0.1) is 5.82 Å². The minimum Gasteiger partial charge on any atom is -0.479 e. The van der Waals surface area contributed by atoms with E-state index in [1.54, 1.807) is 0 Å². The van der Waals surface area contributed by atoms with Crippen LogP contribution in [0.4, 0.5) is 4.39 Å². The topological polar surface area (TPSA) is 39.2 Å². The SMILES string of the molecule is COc1ncc(C(C)=O)cc1F. The molecule has 0 amide bonds. The molecular formula is C8H8FNO2. The Morgan fingerprint density at radius 2 is 2.33 bits per heavy atom. The van der Waals surface area contributed by atoms with Crippen LogP contribution in [-0.4, -0.2) is 17.9 Å². The second kappa shape index (κ2) is 3.30. The number of rotatable bonds is 2. The maximum absolute atomic E-state index is 12.9. The maximum Gasteiger partial charge on any atom is 0.250 e. The molecule has 0 bridgehead atoms. The van der Waals surface area contributed by atoms with Gasteiger partial charge in [0.25, 0.3) is 0 Å². The molecule has 0 unspecified atom stereocenters. The number of methoxy groups -OCH3 is 1. The molecule has 0 aromatic carbocycles. The lowest BCUT2D eigenvalue weighted by Crippen LogP contribution is -1.98. The molecule has 12 heavy (non-hydrogen) atoms.